The SMILES string of the molecule is CCCCOC(=O)C(CCC(=O)O)NC(=O)OC(C)(C)C. The molecular weight excluding hydrogens is 278 g/mol. The molecule has 2 N–H and O–H groups in total. The highest BCUT2D eigenvalue weighted by Gasteiger charge is 2.26. The summed E-state index contributed by atoms with van der Waals surface area (Å²) in [5.41, 5.74) is -0.701. The summed E-state index contributed by atoms with van der Waals surface area (Å²) in [5, 5.41) is 11.0. The van der Waals surface area contributed by atoms with E-state index in [0.29, 0.717) is 6.42 Å². The van der Waals surface area contributed by atoms with E-state index < -0.39 is 29.7 Å². The normalized spacial score (nSPS) is 12.4. The Labute approximate surface area is 125 Å². The molecule has 0 spiro atoms. The van der Waals surface area contributed by atoms with Gasteiger partial charge in [-0.15, -0.1) is 0 Å². The Kier molecular flexibility index (Phi) is 8.42. The molecule has 0 rings (SSSR count). The van der Waals surface area contributed by atoms with Gasteiger partial charge in [0, 0.05) is 6.42 Å². The quantitative estimate of drug-likeness (QED) is 0.526. The van der Waals surface area contributed by atoms with E-state index in [2.05, 4.69) is 5.32 Å². The standard InChI is InChI=1S/C14H25NO6/c1-5-6-9-20-12(18)10(7-8-11(16)17)15-13(19)21-14(2,3)4/h10H,5-9H2,1-4H3,(H,15,19)(H,16,17). The van der Waals surface area contributed by atoms with Crippen LogP contribution in [-0.2, 0) is 19.1 Å². The molecule has 1 unspecified atom stereocenters. The van der Waals surface area contributed by atoms with Crippen LogP contribution in [0.5, 0.6) is 0 Å². The Morgan fingerprint density at radius 3 is 2.33 bits per heavy atom. The fourth-order valence-electron chi connectivity index (χ4n) is 1.38. The summed E-state index contributed by atoms with van der Waals surface area (Å²) in [6.07, 6.45) is 0.518. The molecule has 122 valence electrons. The molecule has 0 heterocycles. The number of amides is 1. The molecule has 1 amide bonds. The van der Waals surface area contributed by atoms with E-state index in [9.17, 15) is 14.4 Å². The maximum atomic E-state index is 11.8. The molecule has 0 aromatic carbocycles. The number of rotatable bonds is 8. The number of carbonyl (C=O) groups is 3. The van der Waals surface area contributed by atoms with Crippen molar-refractivity contribution < 1.29 is 29.0 Å². The fraction of sp³-hybridized carbons (Fsp3) is 0.786. The van der Waals surface area contributed by atoms with Gasteiger partial charge in [0.15, 0.2) is 0 Å². The van der Waals surface area contributed by atoms with Crippen molar-refractivity contribution in [1.82, 2.24) is 5.32 Å². The number of carboxylic acids is 1. The topological polar surface area (TPSA) is 102 Å². The molecule has 21 heavy (non-hydrogen) atoms. The van der Waals surface area contributed by atoms with Crippen molar-refractivity contribution in [3.63, 3.8) is 0 Å². The average Bonchev–Trinajstić information content (AvgIpc) is 2.32. The second-order valence-corrected chi connectivity index (χ2v) is 5.65. The van der Waals surface area contributed by atoms with Gasteiger partial charge in [-0.1, -0.05) is 13.3 Å². The highest BCUT2D eigenvalue weighted by Crippen LogP contribution is 2.08. The van der Waals surface area contributed by atoms with Crippen LogP contribution in [-0.4, -0.2) is 41.4 Å². The van der Waals surface area contributed by atoms with Crippen LogP contribution >= 0.6 is 0 Å². The van der Waals surface area contributed by atoms with E-state index in [1.807, 2.05) is 6.92 Å². The number of carboxylic acid groups (broad SMARTS) is 1. The summed E-state index contributed by atoms with van der Waals surface area (Å²) >= 11 is 0. The largest absolute Gasteiger partial charge is 0.481 e. The van der Waals surface area contributed by atoms with Crippen LogP contribution in [0.4, 0.5) is 4.79 Å². The first-order valence-corrected chi connectivity index (χ1v) is 7.03. The van der Waals surface area contributed by atoms with Crippen LogP contribution in [0.3, 0.4) is 0 Å². The lowest BCUT2D eigenvalue weighted by Gasteiger charge is -2.22. The van der Waals surface area contributed by atoms with Gasteiger partial charge < -0.3 is 19.9 Å². The van der Waals surface area contributed by atoms with Crippen LogP contribution < -0.4 is 5.32 Å². The van der Waals surface area contributed by atoms with Crippen molar-refractivity contribution in [2.45, 2.75) is 65.0 Å². The van der Waals surface area contributed by atoms with Gasteiger partial charge in [0.1, 0.15) is 11.6 Å². The number of ether oxygens (including phenoxy) is 2. The molecule has 0 aliphatic heterocycles. The third-order valence-electron chi connectivity index (χ3n) is 2.36. The molecule has 7 heteroatoms. The lowest BCUT2D eigenvalue weighted by atomic mass is 10.1. The molecule has 0 aromatic rings. The van der Waals surface area contributed by atoms with E-state index in [4.69, 9.17) is 14.6 Å². The average molecular weight is 303 g/mol. The number of esters is 1. The lowest BCUT2D eigenvalue weighted by molar-refractivity contribution is -0.146. The molecular formula is C14H25NO6. The van der Waals surface area contributed by atoms with E-state index >= 15 is 0 Å². The van der Waals surface area contributed by atoms with Crippen LogP contribution in [0.25, 0.3) is 0 Å². The second-order valence-electron chi connectivity index (χ2n) is 5.65. The van der Waals surface area contributed by atoms with Crippen LogP contribution in [0.15, 0.2) is 0 Å². The molecule has 1 atom stereocenters. The highest BCUT2D eigenvalue weighted by molar-refractivity contribution is 5.82. The number of carbonyl (C=O) groups excluding carboxylic acids is 2. The lowest BCUT2D eigenvalue weighted by Crippen LogP contribution is -2.44. The number of nitrogens with one attached hydrogen (secondary N) is 1. The summed E-state index contributed by atoms with van der Waals surface area (Å²) in [6, 6.07) is -1.02. The number of unbranched alkanes of at least 4 members (excludes halogenated alkanes) is 1. The molecule has 0 saturated carbocycles. The van der Waals surface area contributed by atoms with Gasteiger partial charge in [-0.25, -0.2) is 9.59 Å². The summed E-state index contributed by atoms with van der Waals surface area (Å²) < 4.78 is 10.1. The summed E-state index contributed by atoms with van der Waals surface area (Å²) in [5.74, 6) is -1.69. The molecule has 7 nitrogen and oxygen atoms in total. The second kappa shape index (κ2) is 9.20. The Hall–Kier alpha value is -1.79. The number of hydrogen-bond donors (Lipinski definition) is 2. The third kappa shape index (κ3) is 10.6. The highest BCUT2D eigenvalue weighted by atomic mass is 16.6. The predicted octanol–water partition coefficient (Wildman–Crippen LogP) is 2.09. The van der Waals surface area contributed by atoms with Crippen molar-refractivity contribution >= 4 is 18.0 Å². The van der Waals surface area contributed by atoms with Crippen molar-refractivity contribution in [3.05, 3.63) is 0 Å². The van der Waals surface area contributed by atoms with Gasteiger partial charge in [-0.05, 0) is 33.6 Å². The van der Waals surface area contributed by atoms with Gasteiger partial charge in [0.25, 0.3) is 0 Å². The Balaban J connectivity index is 4.53. The summed E-state index contributed by atoms with van der Waals surface area (Å²) in [7, 11) is 0. The van der Waals surface area contributed by atoms with E-state index in [1.165, 1.54) is 0 Å². The molecule has 0 saturated heterocycles. The fourth-order valence-corrected chi connectivity index (χ4v) is 1.38. The number of alkyl carbamates (subject to hydrolysis) is 1. The maximum Gasteiger partial charge on any atom is 0.408 e. The summed E-state index contributed by atoms with van der Waals surface area (Å²) in [4.78, 5) is 34.1. The van der Waals surface area contributed by atoms with Gasteiger partial charge in [0.2, 0.25) is 0 Å². The Bertz CT molecular complexity index is 361. The van der Waals surface area contributed by atoms with Gasteiger partial charge >= 0.3 is 18.0 Å². The van der Waals surface area contributed by atoms with Gasteiger partial charge in [0.05, 0.1) is 6.61 Å². The maximum absolute atomic E-state index is 11.8. The van der Waals surface area contributed by atoms with Crippen molar-refractivity contribution in [3.8, 4) is 0 Å². The van der Waals surface area contributed by atoms with Crippen LogP contribution in [0.2, 0.25) is 0 Å². The smallest absolute Gasteiger partial charge is 0.408 e. The van der Waals surface area contributed by atoms with Crippen LogP contribution in [0.1, 0.15) is 53.4 Å². The van der Waals surface area contributed by atoms with E-state index in [-0.39, 0.29) is 19.4 Å². The third-order valence-corrected chi connectivity index (χ3v) is 2.36. The molecule has 0 radical (unpaired) electrons. The minimum Gasteiger partial charge on any atom is -0.481 e. The zero-order valence-electron chi connectivity index (χ0n) is 13.1. The molecule has 0 bridgehead atoms. The first-order valence-electron chi connectivity index (χ1n) is 7.03. The van der Waals surface area contributed by atoms with Gasteiger partial charge in [-0.2, -0.15) is 0 Å². The molecule has 0 aliphatic rings. The zero-order valence-corrected chi connectivity index (χ0v) is 13.1. The number of aliphatic carboxylic acids is 1. The molecule has 0 fully saturated rings. The summed E-state index contributed by atoms with van der Waals surface area (Å²) in [6.45, 7) is 7.28. The molecule has 0 aliphatic carbocycles. The first-order chi connectivity index (χ1) is 9.65. The number of hydrogen-bond acceptors (Lipinski definition) is 5. The monoisotopic (exact) mass is 303 g/mol. The first kappa shape index (κ1) is 19.2. The van der Waals surface area contributed by atoms with Crippen LogP contribution in [0, 0.1) is 0 Å². The minimum absolute atomic E-state index is 0.0421. The van der Waals surface area contributed by atoms with E-state index in [1.54, 1.807) is 20.8 Å². The van der Waals surface area contributed by atoms with Crippen molar-refractivity contribution in [2.24, 2.45) is 0 Å². The van der Waals surface area contributed by atoms with Gasteiger partial charge in [-0.3, -0.25) is 4.79 Å². The zero-order chi connectivity index (χ0) is 16.5. The minimum atomic E-state index is -1.05. The Morgan fingerprint density at radius 2 is 1.86 bits per heavy atom. The van der Waals surface area contributed by atoms with Crippen molar-refractivity contribution in [2.75, 3.05) is 6.61 Å². The van der Waals surface area contributed by atoms with Crippen molar-refractivity contribution in [1.29, 1.82) is 0 Å². The molecule has 0 aromatic heterocycles. The Morgan fingerprint density at radius 1 is 1.24 bits per heavy atom. The van der Waals surface area contributed by atoms with E-state index in [0.717, 1.165) is 6.42 Å². The predicted molar refractivity (Wildman–Crippen MR) is 75.9 cm³/mol.